The standard InChI is InChI=1S/C20H22F3N3O.2ClH/c21-20(22,23)17-14-6-1-2-7-16(14)25-10-15(17)19(27)26-18-11-4-3-5-12(18)9-13(24)8-11;;/h1-2,6-7,10-13,18H,3-5,8-9,24H2,(H,26,27);2*1H. The van der Waals surface area contributed by atoms with Crippen LogP contribution in [0.15, 0.2) is 30.5 Å². The van der Waals surface area contributed by atoms with E-state index < -0.39 is 23.2 Å². The zero-order valence-electron chi connectivity index (χ0n) is 15.6. The fourth-order valence-corrected chi connectivity index (χ4v) is 4.87. The average molecular weight is 450 g/mol. The number of pyridine rings is 1. The van der Waals surface area contributed by atoms with Gasteiger partial charge in [0.2, 0.25) is 0 Å². The molecule has 0 radical (unpaired) electrons. The van der Waals surface area contributed by atoms with E-state index in [1.165, 1.54) is 18.2 Å². The van der Waals surface area contributed by atoms with Crippen LogP contribution in [0.4, 0.5) is 13.2 Å². The number of amides is 1. The zero-order chi connectivity index (χ0) is 19.2. The van der Waals surface area contributed by atoms with E-state index in [2.05, 4.69) is 10.3 Å². The summed E-state index contributed by atoms with van der Waals surface area (Å²) in [6.07, 6.45) is 1.02. The molecule has 9 heteroatoms. The number of alkyl halides is 3. The van der Waals surface area contributed by atoms with Crippen molar-refractivity contribution >= 4 is 41.6 Å². The molecule has 1 aromatic carbocycles. The van der Waals surface area contributed by atoms with Crippen molar-refractivity contribution in [3.05, 3.63) is 41.6 Å². The van der Waals surface area contributed by atoms with Crippen LogP contribution in [0.1, 0.15) is 48.0 Å². The molecule has 2 fully saturated rings. The number of aromatic nitrogens is 1. The van der Waals surface area contributed by atoms with Gasteiger partial charge in [-0.2, -0.15) is 13.2 Å². The summed E-state index contributed by atoms with van der Waals surface area (Å²) in [5, 5.41) is 2.85. The minimum absolute atomic E-state index is 0. The van der Waals surface area contributed by atoms with Crippen molar-refractivity contribution in [1.29, 1.82) is 0 Å². The number of nitrogens with one attached hydrogen (secondary N) is 1. The minimum atomic E-state index is -4.64. The Balaban J connectivity index is 0.00000150. The molecule has 0 aliphatic heterocycles. The molecule has 2 aliphatic carbocycles. The summed E-state index contributed by atoms with van der Waals surface area (Å²) in [6, 6.07) is 6.02. The molecule has 1 heterocycles. The molecule has 4 nitrogen and oxygen atoms in total. The van der Waals surface area contributed by atoms with Crippen molar-refractivity contribution in [2.24, 2.45) is 17.6 Å². The van der Waals surface area contributed by atoms with E-state index in [0.717, 1.165) is 38.3 Å². The highest BCUT2D eigenvalue weighted by atomic mass is 35.5. The molecule has 2 unspecified atom stereocenters. The van der Waals surface area contributed by atoms with Gasteiger partial charge >= 0.3 is 6.18 Å². The Morgan fingerprint density at radius 2 is 1.72 bits per heavy atom. The van der Waals surface area contributed by atoms with E-state index in [9.17, 15) is 18.0 Å². The van der Waals surface area contributed by atoms with Gasteiger partial charge in [-0.25, -0.2) is 0 Å². The summed E-state index contributed by atoms with van der Waals surface area (Å²) in [4.78, 5) is 16.9. The predicted molar refractivity (Wildman–Crippen MR) is 111 cm³/mol. The Morgan fingerprint density at radius 3 is 2.34 bits per heavy atom. The van der Waals surface area contributed by atoms with E-state index in [1.807, 2.05) is 0 Å². The largest absolute Gasteiger partial charge is 0.417 e. The predicted octanol–water partition coefficient (Wildman–Crippen LogP) is 4.73. The van der Waals surface area contributed by atoms with Gasteiger partial charge in [0.05, 0.1) is 16.6 Å². The second-order valence-electron chi connectivity index (χ2n) is 7.74. The topological polar surface area (TPSA) is 68.0 Å². The van der Waals surface area contributed by atoms with E-state index in [-0.39, 0.29) is 59.6 Å². The van der Waals surface area contributed by atoms with Crippen LogP contribution in [0.3, 0.4) is 0 Å². The molecule has 160 valence electrons. The lowest BCUT2D eigenvalue weighted by molar-refractivity contribution is -0.136. The smallest absolute Gasteiger partial charge is 0.349 e. The van der Waals surface area contributed by atoms with Gasteiger partial charge in [0.15, 0.2) is 0 Å². The van der Waals surface area contributed by atoms with Crippen molar-refractivity contribution in [2.75, 3.05) is 0 Å². The molecule has 0 spiro atoms. The van der Waals surface area contributed by atoms with Crippen molar-refractivity contribution in [3.8, 4) is 0 Å². The first-order valence-electron chi connectivity index (χ1n) is 9.36. The third kappa shape index (κ3) is 4.62. The number of rotatable bonds is 2. The molecular weight excluding hydrogens is 426 g/mol. The number of para-hydroxylation sites is 1. The first-order chi connectivity index (χ1) is 12.8. The lowest BCUT2D eigenvalue weighted by Gasteiger charge is -2.45. The van der Waals surface area contributed by atoms with Crippen LogP contribution in [-0.4, -0.2) is 23.0 Å². The molecular formula is C20H24Cl2F3N3O. The fraction of sp³-hybridized carbons (Fsp3) is 0.500. The number of fused-ring (bicyclic) bond motifs is 3. The van der Waals surface area contributed by atoms with Crippen LogP contribution in [0, 0.1) is 11.8 Å². The van der Waals surface area contributed by atoms with Crippen LogP contribution < -0.4 is 11.1 Å². The Morgan fingerprint density at radius 1 is 1.10 bits per heavy atom. The Hall–Kier alpha value is -1.57. The van der Waals surface area contributed by atoms with Gasteiger partial charge in [0, 0.05) is 23.7 Å². The van der Waals surface area contributed by atoms with Crippen molar-refractivity contribution in [1.82, 2.24) is 10.3 Å². The number of hydrogen-bond donors (Lipinski definition) is 2. The van der Waals surface area contributed by atoms with Crippen LogP contribution in [-0.2, 0) is 6.18 Å². The summed E-state index contributed by atoms with van der Waals surface area (Å²) >= 11 is 0. The van der Waals surface area contributed by atoms with Crippen LogP contribution in [0.25, 0.3) is 10.9 Å². The van der Waals surface area contributed by atoms with Gasteiger partial charge in [-0.3, -0.25) is 9.78 Å². The lowest BCUT2D eigenvalue weighted by atomic mass is 9.67. The highest BCUT2D eigenvalue weighted by molar-refractivity contribution is 6.00. The number of nitrogens with two attached hydrogens (primary N) is 1. The molecule has 2 aromatic rings. The molecule has 2 bridgehead atoms. The van der Waals surface area contributed by atoms with Gasteiger partial charge in [-0.05, 0) is 43.6 Å². The number of benzene rings is 1. The van der Waals surface area contributed by atoms with Gasteiger partial charge in [-0.1, -0.05) is 24.6 Å². The second-order valence-corrected chi connectivity index (χ2v) is 7.74. The Labute approximate surface area is 179 Å². The summed E-state index contributed by atoms with van der Waals surface area (Å²) < 4.78 is 41.3. The third-order valence-electron chi connectivity index (χ3n) is 5.98. The first-order valence-corrected chi connectivity index (χ1v) is 9.36. The maximum atomic E-state index is 13.8. The van der Waals surface area contributed by atoms with E-state index in [1.54, 1.807) is 6.07 Å². The van der Waals surface area contributed by atoms with Gasteiger partial charge in [0.1, 0.15) is 0 Å². The van der Waals surface area contributed by atoms with Crippen LogP contribution in [0.5, 0.6) is 0 Å². The zero-order valence-corrected chi connectivity index (χ0v) is 17.2. The van der Waals surface area contributed by atoms with E-state index in [4.69, 9.17) is 5.73 Å². The Kier molecular flexibility index (Phi) is 7.41. The molecule has 2 atom stereocenters. The first kappa shape index (κ1) is 23.7. The molecule has 29 heavy (non-hydrogen) atoms. The maximum absolute atomic E-state index is 13.8. The Bertz CT molecular complexity index is 864. The number of carbonyl (C=O) groups is 1. The number of hydrogen-bond acceptors (Lipinski definition) is 3. The van der Waals surface area contributed by atoms with Crippen molar-refractivity contribution in [2.45, 2.75) is 50.4 Å². The molecule has 2 aliphatic rings. The number of carbonyl (C=O) groups excluding carboxylic acids is 1. The van der Waals surface area contributed by atoms with Crippen LogP contribution >= 0.6 is 24.8 Å². The van der Waals surface area contributed by atoms with Gasteiger partial charge in [-0.15, -0.1) is 24.8 Å². The SMILES string of the molecule is Cl.Cl.NC1CC2CCCC(C1)C2NC(=O)c1cnc2ccccc2c1C(F)(F)F. The fourth-order valence-electron chi connectivity index (χ4n) is 4.87. The molecule has 4 rings (SSSR count). The quantitative estimate of drug-likeness (QED) is 0.695. The summed E-state index contributed by atoms with van der Waals surface area (Å²) in [7, 11) is 0. The van der Waals surface area contributed by atoms with Gasteiger partial charge < -0.3 is 11.1 Å². The second kappa shape index (κ2) is 9.06. The minimum Gasteiger partial charge on any atom is -0.349 e. The van der Waals surface area contributed by atoms with Crippen molar-refractivity contribution in [3.63, 3.8) is 0 Å². The molecule has 2 saturated carbocycles. The third-order valence-corrected chi connectivity index (χ3v) is 5.98. The summed E-state index contributed by atoms with van der Waals surface area (Å²) in [6.45, 7) is 0. The monoisotopic (exact) mass is 449 g/mol. The highest BCUT2D eigenvalue weighted by Gasteiger charge is 2.42. The molecule has 0 saturated heterocycles. The molecule has 1 aromatic heterocycles. The van der Waals surface area contributed by atoms with Crippen molar-refractivity contribution < 1.29 is 18.0 Å². The highest BCUT2D eigenvalue weighted by Crippen LogP contribution is 2.41. The summed E-state index contributed by atoms with van der Waals surface area (Å²) in [5.74, 6) is -0.226. The number of halogens is 5. The normalized spacial score (nSPS) is 26.2. The van der Waals surface area contributed by atoms with E-state index in [0.29, 0.717) is 0 Å². The van der Waals surface area contributed by atoms with Gasteiger partial charge in [0.25, 0.3) is 5.91 Å². The molecule has 3 N–H and O–H groups in total. The summed E-state index contributed by atoms with van der Waals surface area (Å²) in [5.41, 5.74) is 5.00. The van der Waals surface area contributed by atoms with Crippen LogP contribution in [0.2, 0.25) is 0 Å². The van der Waals surface area contributed by atoms with E-state index >= 15 is 0 Å². The lowest BCUT2D eigenvalue weighted by Crippen LogP contribution is -2.53. The average Bonchev–Trinajstić information content (AvgIpc) is 2.60. The molecule has 1 amide bonds. The number of nitrogens with zero attached hydrogens (tertiary/aromatic N) is 1. The maximum Gasteiger partial charge on any atom is 0.417 e.